The minimum atomic E-state index is 0.488. The molecule has 0 aromatic carbocycles. The third-order valence-electron chi connectivity index (χ3n) is 5.46. The average molecular weight is 252 g/mol. The maximum absolute atomic E-state index is 6.10. The summed E-state index contributed by atoms with van der Waals surface area (Å²) in [5, 5.41) is 0. The van der Waals surface area contributed by atoms with Gasteiger partial charge in [0.15, 0.2) is 0 Å². The van der Waals surface area contributed by atoms with Crippen LogP contribution in [-0.4, -0.2) is 30.6 Å². The molecule has 2 rings (SSSR count). The molecule has 2 nitrogen and oxygen atoms in total. The predicted molar refractivity (Wildman–Crippen MR) is 78.6 cm³/mol. The summed E-state index contributed by atoms with van der Waals surface area (Å²) in [6.07, 6.45) is 11.2. The zero-order chi connectivity index (χ0) is 13.0. The van der Waals surface area contributed by atoms with Gasteiger partial charge in [-0.3, -0.25) is 0 Å². The van der Waals surface area contributed by atoms with Crippen LogP contribution in [0.2, 0.25) is 0 Å². The van der Waals surface area contributed by atoms with E-state index in [2.05, 4.69) is 18.7 Å². The van der Waals surface area contributed by atoms with E-state index in [0.717, 1.165) is 18.5 Å². The van der Waals surface area contributed by atoms with Gasteiger partial charge >= 0.3 is 0 Å². The Balaban J connectivity index is 1.85. The molecular formula is C16H32N2. The molecule has 0 radical (unpaired) electrons. The van der Waals surface area contributed by atoms with E-state index < -0.39 is 0 Å². The van der Waals surface area contributed by atoms with Crippen molar-refractivity contribution in [1.82, 2.24) is 4.90 Å². The van der Waals surface area contributed by atoms with Crippen LogP contribution < -0.4 is 5.73 Å². The highest BCUT2D eigenvalue weighted by molar-refractivity contribution is 4.87. The summed E-state index contributed by atoms with van der Waals surface area (Å²) in [5.74, 6) is 0.813. The van der Waals surface area contributed by atoms with Crippen molar-refractivity contribution in [1.29, 1.82) is 0 Å². The molecule has 0 spiro atoms. The number of hydrogen-bond acceptors (Lipinski definition) is 2. The fourth-order valence-corrected chi connectivity index (χ4v) is 4.12. The third-order valence-corrected chi connectivity index (χ3v) is 5.46. The summed E-state index contributed by atoms with van der Waals surface area (Å²) in [6, 6.07) is 0.836. The minimum absolute atomic E-state index is 0.488. The lowest BCUT2D eigenvalue weighted by atomic mass is 9.72. The van der Waals surface area contributed by atoms with Crippen molar-refractivity contribution in [2.75, 3.05) is 19.6 Å². The summed E-state index contributed by atoms with van der Waals surface area (Å²) in [5.41, 5.74) is 6.59. The van der Waals surface area contributed by atoms with E-state index in [9.17, 15) is 0 Å². The van der Waals surface area contributed by atoms with Gasteiger partial charge in [-0.25, -0.2) is 0 Å². The van der Waals surface area contributed by atoms with Gasteiger partial charge < -0.3 is 10.6 Å². The van der Waals surface area contributed by atoms with Gasteiger partial charge in [0.25, 0.3) is 0 Å². The van der Waals surface area contributed by atoms with E-state index in [1.807, 2.05) is 0 Å². The molecule has 18 heavy (non-hydrogen) atoms. The topological polar surface area (TPSA) is 29.3 Å². The van der Waals surface area contributed by atoms with Gasteiger partial charge in [-0.05, 0) is 63.1 Å². The van der Waals surface area contributed by atoms with E-state index in [4.69, 9.17) is 5.73 Å². The molecule has 1 saturated carbocycles. The molecule has 0 aromatic heterocycles. The fraction of sp³-hybridized carbons (Fsp3) is 1.00. The number of likely N-dealkylation sites (tertiary alicyclic amines) is 1. The third kappa shape index (κ3) is 3.27. The Morgan fingerprint density at radius 1 is 1.17 bits per heavy atom. The Labute approximate surface area is 113 Å². The first kappa shape index (κ1) is 14.3. The zero-order valence-corrected chi connectivity index (χ0v) is 12.5. The van der Waals surface area contributed by atoms with E-state index in [-0.39, 0.29) is 0 Å². The van der Waals surface area contributed by atoms with Crippen LogP contribution in [0.3, 0.4) is 0 Å². The lowest BCUT2D eigenvalue weighted by molar-refractivity contribution is 0.129. The smallest absolute Gasteiger partial charge is 0.0119 e. The van der Waals surface area contributed by atoms with Crippen molar-refractivity contribution in [3.63, 3.8) is 0 Å². The standard InChI is InChI=1S/C16H32N2/c1-14(2)15-7-6-11-18(15)12-10-16(13-17)8-4-3-5-9-16/h14-15H,3-13,17H2,1-2H3. The van der Waals surface area contributed by atoms with Crippen LogP contribution >= 0.6 is 0 Å². The van der Waals surface area contributed by atoms with Gasteiger partial charge in [0.05, 0.1) is 0 Å². The Morgan fingerprint density at radius 2 is 1.89 bits per heavy atom. The molecule has 0 aromatic rings. The molecule has 1 saturated heterocycles. The van der Waals surface area contributed by atoms with Gasteiger partial charge in [0.2, 0.25) is 0 Å². The molecule has 2 aliphatic rings. The zero-order valence-electron chi connectivity index (χ0n) is 12.5. The summed E-state index contributed by atoms with van der Waals surface area (Å²) in [6.45, 7) is 8.28. The van der Waals surface area contributed by atoms with Crippen molar-refractivity contribution >= 4 is 0 Å². The molecule has 2 fully saturated rings. The maximum Gasteiger partial charge on any atom is 0.0119 e. The molecule has 1 aliphatic heterocycles. The molecule has 0 bridgehead atoms. The molecule has 1 aliphatic carbocycles. The van der Waals surface area contributed by atoms with Crippen LogP contribution in [0, 0.1) is 11.3 Å². The first-order chi connectivity index (χ1) is 8.67. The van der Waals surface area contributed by atoms with E-state index >= 15 is 0 Å². The van der Waals surface area contributed by atoms with Crippen LogP contribution in [-0.2, 0) is 0 Å². The molecule has 106 valence electrons. The van der Waals surface area contributed by atoms with Gasteiger partial charge in [-0.15, -0.1) is 0 Å². The van der Waals surface area contributed by atoms with Gasteiger partial charge in [-0.2, -0.15) is 0 Å². The highest BCUT2D eigenvalue weighted by atomic mass is 15.2. The Morgan fingerprint density at radius 3 is 2.50 bits per heavy atom. The van der Waals surface area contributed by atoms with Crippen LogP contribution in [0.4, 0.5) is 0 Å². The molecule has 2 heteroatoms. The first-order valence-corrected chi connectivity index (χ1v) is 8.11. The highest BCUT2D eigenvalue weighted by Gasteiger charge is 2.33. The lowest BCUT2D eigenvalue weighted by Gasteiger charge is -2.38. The number of nitrogens with zero attached hydrogens (tertiary/aromatic N) is 1. The Bertz CT molecular complexity index is 243. The van der Waals surface area contributed by atoms with E-state index in [0.29, 0.717) is 5.41 Å². The second-order valence-electron chi connectivity index (χ2n) is 7.00. The predicted octanol–water partition coefficient (Wildman–Crippen LogP) is 3.41. The van der Waals surface area contributed by atoms with Gasteiger partial charge in [0, 0.05) is 6.04 Å². The minimum Gasteiger partial charge on any atom is -0.330 e. The summed E-state index contributed by atoms with van der Waals surface area (Å²) in [4.78, 5) is 2.75. The molecule has 1 unspecified atom stereocenters. The van der Waals surface area contributed by atoms with Crippen molar-refractivity contribution in [2.24, 2.45) is 17.1 Å². The molecule has 0 amide bonds. The van der Waals surface area contributed by atoms with Crippen molar-refractivity contribution in [3.8, 4) is 0 Å². The molecule has 2 N–H and O–H groups in total. The monoisotopic (exact) mass is 252 g/mol. The molecule has 1 heterocycles. The number of rotatable bonds is 5. The normalized spacial score (nSPS) is 29.0. The summed E-state index contributed by atoms with van der Waals surface area (Å²) < 4.78 is 0. The Kier molecular flexibility index (Phi) is 5.08. The quantitative estimate of drug-likeness (QED) is 0.812. The Hall–Kier alpha value is -0.0800. The van der Waals surface area contributed by atoms with E-state index in [1.165, 1.54) is 64.5 Å². The second kappa shape index (κ2) is 6.38. The SMILES string of the molecule is CC(C)C1CCCN1CCC1(CN)CCCCC1. The first-order valence-electron chi connectivity index (χ1n) is 8.11. The summed E-state index contributed by atoms with van der Waals surface area (Å²) >= 11 is 0. The van der Waals surface area contributed by atoms with Crippen LogP contribution in [0.25, 0.3) is 0 Å². The lowest BCUT2D eigenvalue weighted by Crippen LogP contribution is -2.40. The van der Waals surface area contributed by atoms with Gasteiger partial charge in [0.1, 0.15) is 0 Å². The van der Waals surface area contributed by atoms with Crippen molar-refractivity contribution < 1.29 is 0 Å². The average Bonchev–Trinajstić information content (AvgIpc) is 2.86. The highest BCUT2D eigenvalue weighted by Crippen LogP contribution is 2.39. The van der Waals surface area contributed by atoms with Gasteiger partial charge in [-0.1, -0.05) is 33.1 Å². The maximum atomic E-state index is 6.10. The largest absolute Gasteiger partial charge is 0.330 e. The van der Waals surface area contributed by atoms with Crippen LogP contribution in [0.1, 0.15) is 65.2 Å². The fourth-order valence-electron chi connectivity index (χ4n) is 4.12. The number of nitrogens with two attached hydrogens (primary N) is 1. The van der Waals surface area contributed by atoms with Crippen molar-refractivity contribution in [3.05, 3.63) is 0 Å². The number of hydrogen-bond donors (Lipinski definition) is 1. The molecular weight excluding hydrogens is 220 g/mol. The van der Waals surface area contributed by atoms with Crippen LogP contribution in [0.5, 0.6) is 0 Å². The van der Waals surface area contributed by atoms with E-state index in [1.54, 1.807) is 0 Å². The van der Waals surface area contributed by atoms with Crippen LogP contribution in [0.15, 0.2) is 0 Å². The second-order valence-corrected chi connectivity index (χ2v) is 7.00. The summed E-state index contributed by atoms with van der Waals surface area (Å²) in [7, 11) is 0. The van der Waals surface area contributed by atoms with Crippen molar-refractivity contribution in [2.45, 2.75) is 71.3 Å². The molecule has 1 atom stereocenters.